The fourth-order valence-electron chi connectivity index (χ4n) is 4.38. The Morgan fingerprint density at radius 3 is 2.61 bits per heavy atom. The standard InChI is InChI=1S/C30H49N5O6/c1-22-17-34(23(2)19-39-20-24-11-13-26(38-8)14-12-24)28(36)10-9-15-35(31)25(16-32-6)21-40-27(22)18-33(7)29(37)41-30(3,4)5/h11-14,16,22-23,27H,6,9-10,15,17-21,31H2,1-5,7-8H3/b25-16-/t22-,23+,27-/m0/s1. The molecular weight excluding hydrogens is 526 g/mol. The van der Waals surface area contributed by atoms with Crippen LogP contribution in [0.2, 0.25) is 0 Å². The van der Waals surface area contributed by atoms with E-state index in [-0.39, 0.29) is 31.0 Å². The Morgan fingerprint density at radius 2 is 2.00 bits per heavy atom. The van der Waals surface area contributed by atoms with Crippen LogP contribution in [0.25, 0.3) is 0 Å². The summed E-state index contributed by atoms with van der Waals surface area (Å²) in [4.78, 5) is 33.4. The van der Waals surface area contributed by atoms with Gasteiger partial charge in [0.2, 0.25) is 5.91 Å². The molecule has 11 heteroatoms. The summed E-state index contributed by atoms with van der Waals surface area (Å²) < 4.78 is 23.1. The van der Waals surface area contributed by atoms with Gasteiger partial charge in [-0.2, -0.15) is 0 Å². The van der Waals surface area contributed by atoms with Gasteiger partial charge < -0.3 is 33.8 Å². The lowest BCUT2D eigenvalue weighted by Crippen LogP contribution is -2.49. The van der Waals surface area contributed by atoms with Gasteiger partial charge in [0.25, 0.3) is 0 Å². The molecule has 230 valence electrons. The highest BCUT2D eigenvalue weighted by molar-refractivity contribution is 5.76. The summed E-state index contributed by atoms with van der Waals surface area (Å²) in [6, 6.07) is 7.53. The molecule has 0 radical (unpaired) electrons. The minimum absolute atomic E-state index is 0.0120. The minimum atomic E-state index is -0.625. The minimum Gasteiger partial charge on any atom is -0.497 e. The molecule has 1 saturated heterocycles. The van der Waals surface area contributed by atoms with Gasteiger partial charge in [-0.25, -0.2) is 10.6 Å². The summed E-state index contributed by atoms with van der Waals surface area (Å²) in [5.74, 6) is 6.95. The summed E-state index contributed by atoms with van der Waals surface area (Å²) in [6.45, 7) is 15.1. The van der Waals surface area contributed by atoms with Crippen molar-refractivity contribution in [2.24, 2.45) is 16.8 Å². The Bertz CT molecular complexity index is 1010. The molecular formula is C30H49N5O6. The topological polar surface area (TPSA) is 119 Å². The van der Waals surface area contributed by atoms with Gasteiger partial charge in [0.15, 0.2) is 0 Å². The quantitative estimate of drug-likeness (QED) is 0.349. The van der Waals surface area contributed by atoms with Gasteiger partial charge in [-0.05, 0) is 58.5 Å². The van der Waals surface area contributed by atoms with Crippen molar-refractivity contribution in [3.63, 3.8) is 0 Å². The van der Waals surface area contributed by atoms with Crippen LogP contribution in [0.3, 0.4) is 0 Å². The maximum absolute atomic E-state index is 13.5. The first kappa shape index (κ1) is 34.1. The highest BCUT2D eigenvalue weighted by Crippen LogP contribution is 2.20. The van der Waals surface area contributed by atoms with Gasteiger partial charge in [-0.15, -0.1) is 0 Å². The third-order valence-electron chi connectivity index (χ3n) is 6.76. The number of amides is 2. The summed E-state index contributed by atoms with van der Waals surface area (Å²) in [6.07, 6.45) is 1.59. The van der Waals surface area contributed by atoms with Crippen LogP contribution >= 0.6 is 0 Å². The predicted octanol–water partition coefficient (Wildman–Crippen LogP) is 3.83. The number of benzene rings is 1. The molecule has 2 amide bonds. The lowest BCUT2D eigenvalue weighted by atomic mass is 10.0. The SMILES string of the molecule is C=N/C=C1/CO[C@@H](CN(C)C(=O)OC(C)(C)C)[C@@H](C)CN([C@H](C)COCc2ccc(OC)cc2)C(=O)CCCN1N. The molecule has 2 N–H and O–H groups in total. The van der Waals surface area contributed by atoms with E-state index in [0.29, 0.717) is 44.8 Å². The summed E-state index contributed by atoms with van der Waals surface area (Å²) in [5, 5.41) is 1.54. The molecule has 3 atom stereocenters. The number of aliphatic imine (C=N–C) groups is 1. The molecule has 1 aliphatic rings. The van der Waals surface area contributed by atoms with E-state index >= 15 is 0 Å². The number of rotatable bonds is 9. The fraction of sp³-hybridized carbons (Fsp3) is 0.633. The first-order valence-corrected chi connectivity index (χ1v) is 14.1. The Labute approximate surface area is 245 Å². The smallest absolute Gasteiger partial charge is 0.410 e. The van der Waals surface area contributed by atoms with Crippen LogP contribution in [-0.4, -0.2) is 98.3 Å². The molecule has 1 fully saturated rings. The molecule has 1 heterocycles. The molecule has 0 bridgehead atoms. The van der Waals surface area contributed by atoms with Gasteiger partial charge in [0.1, 0.15) is 11.4 Å². The molecule has 2 rings (SSSR count). The highest BCUT2D eigenvalue weighted by atomic mass is 16.6. The molecule has 0 saturated carbocycles. The molecule has 0 aliphatic carbocycles. The molecule has 1 aromatic rings. The van der Waals surface area contributed by atoms with E-state index in [1.54, 1.807) is 20.4 Å². The normalized spacial score (nSPS) is 21.1. The molecule has 0 spiro atoms. The Balaban J connectivity index is 2.19. The van der Waals surface area contributed by atoms with Crippen molar-refractivity contribution in [2.75, 3.05) is 47.0 Å². The third-order valence-corrected chi connectivity index (χ3v) is 6.76. The summed E-state index contributed by atoms with van der Waals surface area (Å²) in [5.41, 5.74) is 1.04. The van der Waals surface area contributed by atoms with E-state index in [1.807, 2.05) is 63.8 Å². The lowest BCUT2D eigenvalue weighted by molar-refractivity contribution is -0.137. The third kappa shape index (κ3) is 11.7. The van der Waals surface area contributed by atoms with Gasteiger partial charge in [0.05, 0.1) is 51.3 Å². The van der Waals surface area contributed by atoms with Crippen LogP contribution in [0.5, 0.6) is 5.75 Å². The zero-order valence-electron chi connectivity index (χ0n) is 25.8. The van der Waals surface area contributed by atoms with Crippen molar-refractivity contribution < 1.29 is 28.5 Å². The number of carbonyl (C=O) groups excluding carboxylic acids is 2. The second-order valence-electron chi connectivity index (χ2n) is 11.5. The van der Waals surface area contributed by atoms with Crippen molar-refractivity contribution in [3.05, 3.63) is 41.7 Å². The average Bonchev–Trinajstić information content (AvgIpc) is 2.91. The van der Waals surface area contributed by atoms with E-state index in [2.05, 4.69) is 11.7 Å². The number of methoxy groups -OCH3 is 1. The zero-order chi connectivity index (χ0) is 30.6. The van der Waals surface area contributed by atoms with Crippen LogP contribution in [-0.2, 0) is 25.6 Å². The van der Waals surface area contributed by atoms with E-state index < -0.39 is 17.8 Å². The number of hydrogen-bond acceptors (Lipinski definition) is 9. The van der Waals surface area contributed by atoms with Crippen molar-refractivity contribution in [1.29, 1.82) is 0 Å². The highest BCUT2D eigenvalue weighted by Gasteiger charge is 2.30. The van der Waals surface area contributed by atoms with E-state index in [9.17, 15) is 9.59 Å². The number of ether oxygens (including phenoxy) is 4. The Morgan fingerprint density at radius 1 is 1.32 bits per heavy atom. The van der Waals surface area contributed by atoms with Gasteiger partial charge in [0, 0.05) is 38.7 Å². The number of carbonyl (C=O) groups is 2. The van der Waals surface area contributed by atoms with Crippen LogP contribution in [0, 0.1) is 5.92 Å². The molecule has 11 nitrogen and oxygen atoms in total. The number of likely N-dealkylation sites (N-methyl/N-ethyl adjacent to an activating group) is 1. The molecule has 0 aromatic heterocycles. The second-order valence-corrected chi connectivity index (χ2v) is 11.5. The maximum atomic E-state index is 13.5. The zero-order valence-corrected chi connectivity index (χ0v) is 25.8. The molecule has 0 unspecified atom stereocenters. The van der Waals surface area contributed by atoms with Crippen LogP contribution in [0.4, 0.5) is 4.79 Å². The molecule has 1 aromatic carbocycles. The summed E-state index contributed by atoms with van der Waals surface area (Å²) >= 11 is 0. The van der Waals surface area contributed by atoms with Gasteiger partial charge in [-0.3, -0.25) is 9.79 Å². The van der Waals surface area contributed by atoms with E-state index in [4.69, 9.17) is 24.8 Å². The lowest BCUT2D eigenvalue weighted by Gasteiger charge is -2.37. The number of nitrogens with zero attached hydrogens (tertiary/aromatic N) is 4. The Kier molecular flexibility index (Phi) is 13.6. The average molecular weight is 576 g/mol. The van der Waals surface area contributed by atoms with Crippen molar-refractivity contribution in [3.8, 4) is 5.75 Å². The fourth-order valence-corrected chi connectivity index (χ4v) is 4.38. The van der Waals surface area contributed by atoms with Crippen molar-refractivity contribution >= 4 is 18.7 Å². The largest absolute Gasteiger partial charge is 0.497 e. The summed E-state index contributed by atoms with van der Waals surface area (Å²) in [7, 11) is 3.31. The van der Waals surface area contributed by atoms with Crippen LogP contribution in [0.1, 0.15) is 53.0 Å². The molecule has 41 heavy (non-hydrogen) atoms. The molecule has 1 aliphatic heterocycles. The van der Waals surface area contributed by atoms with Crippen molar-refractivity contribution in [1.82, 2.24) is 14.8 Å². The van der Waals surface area contributed by atoms with E-state index in [0.717, 1.165) is 11.3 Å². The maximum Gasteiger partial charge on any atom is 0.410 e. The van der Waals surface area contributed by atoms with Crippen LogP contribution < -0.4 is 10.6 Å². The van der Waals surface area contributed by atoms with Crippen molar-refractivity contribution in [2.45, 2.75) is 71.8 Å². The Hall–Kier alpha value is -3.15. The van der Waals surface area contributed by atoms with Crippen LogP contribution in [0.15, 0.2) is 41.2 Å². The monoisotopic (exact) mass is 575 g/mol. The predicted molar refractivity (Wildman–Crippen MR) is 159 cm³/mol. The van der Waals surface area contributed by atoms with E-state index in [1.165, 1.54) is 9.91 Å². The first-order chi connectivity index (χ1) is 19.3. The number of hydrogen-bond donors (Lipinski definition) is 1. The number of nitrogens with two attached hydrogens (primary N) is 1. The number of hydrazine groups is 1. The van der Waals surface area contributed by atoms with Gasteiger partial charge >= 0.3 is 6.09 Å². The second kappa shape index (κ2) is 16.3. The first-order valence-electron chi connectivity index (χ1n) is 14.1. The van der Waals surface area contributed by atoms with Gasteiger partial charge in [-0.1, -0.05) is 19.1 Å².